The first-order chi connectivity index (χ1) is 9.41. The van der Waals surface area contributed by atoms with Crippen molar-refractivity contribution in [3.63, 3.8) is 0 Å². The Kier molecular flexibility index (Phi) is 4.69. The van der Waals surface area contributed by atoms with Crippen LogP contribution < -0.4 is 0 Å². The van der Waals surface area contributed by atoms with E-state index in [4.69, 9.17) is 11.6 Å². The Balaban J connectivity index is 2.48. The molecule has 0 N–H and O–H groups in total. The van der Waals surface area contributed by atoms with E-state index in [0.29, 0.717) is 11.4 Å². The third-order valence-electron chi connectivity index (χ3n) is 3.66. The molecule has 0 aliphatic heterocycles. The zero-order valence-electron chi connectivity index (χ0n) is 12.5. The Hall–Kier alpha value is -1.09. The summed E-state index contributed by atoms with van der Waals surface area (Å²) in [7, 11) is 0. The van der Waals surface area contributed by atoms with Gasteiger partial charge in [0.15, 0.2) is 5.82 Å². The topological polar surface area (TPSA) is 17.8 Å². The van der Waals surface area contributed by atoms with E-state index >= 15 is 0 Å². The molecule has 110 valence electrons. The van der Waals surface area contributed by atoms with Crippen molar-refractivity contribution in [3.8, 4) is 0 Å². The number of imidazole rings is 1. The second-order valence-electron chi connectivity index (χ2n) is 5.88. The Morgan fingerprint density at radius 1 is 1.20 bits per heavy atom. The first-order valence-electron chi connectivity index (χ1n) is 7.22. The van der Waals surface area contributed by atoms with Crippen LogP contribution in [0.5, 0.6) is 0 Å². The number of alkyl halides is 1. The molecule has 0 spiro atoms. The predicted octanol–water partition coefficient (Wildman–Crippen LogP) is 5.47. The van der Waals surface area contributed by atoms with Crippen molar-refractivity contribution in [1.82, 2.24) is 9.55 Å². The van der Waals surface area contributed by atoms with Gasteiger partial charge in [-0.15, -0.1) is 11.6 Å². The summed E-state index contributed by atoms with van der Waals surface area (Å²) in [6.07, 6.45) is 2.17. The van der Waals surface area contributed by atoms with E-state index in [1.807, 2.05) is 13.0 Å². The summed E-state index contributed by atoms with van der Waals surface area (Å²) in [5.41, 5.74) is 1.26. The minimum Gasteiger partial charge on any atom is -0.324 e. The highest BCUT2D eigenvalue weighted by molar-refractivity contribution is 6.20. The van der Waals surface area contributed by atoms with E-state index in [-0.39, 0.29) is 17.2 Å². The number of hydrogen-bond donors (Lipinski definition) is 0. The number of hydrogen-bond acceptors (Lipinski definition) is 1. The van der Waals surface area contributed by atoms with Gasteiger partial charge in [0.2, 0.25) is 0 Å². The standard InChI is InChI=1S/C16H22ClFN2/c1-10(2)8-9-11(3)20-14-7-5-6-13(18)15(14)19-16(20)12(4)17/h5-7,10-12H,8-9H2,1-4H3. The van der Waals surface area contributed by atoms with Gasteiger partial charge in [-0.1, -0.05) is 19.9 Å². The lowest BCUT2D eigenvalue weighted by Crippen LogP contribution is -2.10. The van der Waals surface area contributed by atoms with Crippen LogP contribution in [0.15, 0.2) is 18.2 Å². The van der Waals surface area contributed by atoms with Gasteiger partial charge in [-0.25, -0.2) is 9.37 Å². The van der Waals surface area contributed by atoms with E-state index in [2.05, 4.69) is 30.3 Å². The molecule has 0 aliphatic carbocycles. The molecule has 1 aromatic carbocycles. The molecule has 0 aliphatic rings. The highest BCUT2D eigenvalue weighted by atomic mass is 35.5. The lowest BCUT2D eigenvalue weighted by atomic mass is 10.0. The fourth-order valence-electron chi connectivity index (χ4n) is 2.55. The molecule has 2 unspecified atom stereocenters. The summed E-state index contributed by atoms with van der Waals surface area (Å²) in [5, 5.41) is -0.233. The minimum absolute atomic E-state index is 0.233. The smallest absolute Gasteiger partial charge is 0.151 e. The number of rotatable bonds is 5. The summed E-state index contributed by atoms with van der Waals surface area (Å²) < 4.78 is 16.0. The van der Waals surface area contributed by atoms with Gasteiger partial charge in [-0.05, 0) is 44.7 Å². The molecular formula is C16H22ClFN2. The van der Waals surface area contributed by atoms with Gasteiger partial charge in [0.25, 0.3) is 0 Å². The predicted molar refractivity (Wildman–Crippen MR) is 82.7 cm³/mol. The number of para-hydroxylation sites is 1. The summed E-state index contributed by atoms with van der Waals surface area (Å²) in [4.78, 5) is 4.42. The van der Waals surface area contributed by atoms with Crippen LogP contribution in [0.4, 0.5) is 4.39 Å². The normalized spacial score (nSPS) is 14.9. The van der Waals surface area contributed by atoms with Gasteiger partial charge in [-0.2, -0.15) is 0 Å². The van der Waals surface area contributed by atoms with Crippen molar-refractivity contribution < 1.29 is 4.39 Å². The van der Waals surface area contributed by atoms with Crippen molar-refractivity contribution >= 4 is 22.6 Å². The van der Waals surface area contributed by atoms with Crippen LogP contribution in [-0.2, 0) is 0 Å². The third-order valence-corrected chi connectivity index (χ3v) is 3.85. The van der Waals surface area contributed by atoms with E-state index < -0.39 is 0 Å². The Labute approximate surface area is 125 Å². The molecule has 1 heterocycles. The molecule has 4 heteroatoms. The lowest BCUT2D eigenvalue weighted by Gasteiger charge is -2.19. The van der Waals surface area contributed by atoms with Gasteiger partial charge >= 0.3 is 0 Å². The average Bonchev–Trinajstić information content (AvgIpc) is 2.77. The number of halogens is 2. The number of benzene rings is 1. The van der Waals surface area contributed by atoms with Crippen molar-refractivity contribution in [3.05, 3.63) is 29.8 Å². The fraction of sp³-hybridized carbons (Fsp3) is 0.562. The number of aromatic nitrogens is 2. The summed E-state index contributed by atoms with van der Waals surface area (Å²) in [6, 6.07) is 5.36. The van der Waals surface area contributed by atoms with Crippen LogP contribution in [0.3, 0.4) is 0 Å². The fourth-order valence-corrected chi connectivity index (χ4v) is 2.70. The number of nitrogens with zero attached hydrogens (tertiary/aromatic N) is 2. The average molecular weight is 297 g/mol. The first-order valence-corrected chi connectivity index (χ1v) is 7.65. The molecular weight excluding hydrogens is 275 g/mol. The van der Waals surface area contributed by atoms with Crippen molar-refractivity contribution in [1.29, 1.82) is 0 Å². The second kappa shape index (κ2) is 6.13. The van der Waals surface area contributed by atoms with Gasteiger partial charge in [0.05, 0.1) is 10.9 Å². The molecule has 2 atom stereocenters. The van der Waals surface area contributed by atoms with Crippen LogP contribution in [-0.4, -0.2) is 9.55 Å². The van der Waals surface area contributed by atoms with Crippen LogP contribution in [0.1, 0.15) is 57.8 Å². The maximum atomic E-state index is 13.9. The molecule has 0 bridgehead atoms. The quantitative estimate of drug-likeness (QED) is 0.669. The van der Waals surface area contributed by atoms with Crippen molar-refractivity contribution in [2.75, 3.05) is 0 Å². The molecule has 1 aromatic heterocycles. The molecule has 2 rings (SSSR count). The third kappa shape index (κ3) is 2.98. The maximum absolute atomic E-state index is 13.9. The highest BCUT2D eigenvalue weighted by Gasteiger charge is 2.20. The minimum atomic E-state index is -0.282. The molecule has 20 heavy (non-hydrogen) atoms. The van der Waals surface area contributed by atoms with Crippen molar-refractivity contribution in [2.45, 2.75) is 52.0 Å². The van der Waals surface area contributed by atoms with Gasteiger partial charge in [0, 0.05) is 6.04 Å². The zero-order chi connectivity index (χ0) is 14.9. The van der Waals surface area contributed by atoms with Gasteiger partial charge in [-0.3, -0.25) is 0 Å². The molecule has 2 nitrogen and oxygen atoms in total. The molecule has 0 saturated carbocycles. The van der Waals surface area contributed by atoms with E-state index in [1.165, 1.54) is 6.07 Å². The molecule has 2 aromatic rings. The van der Waals surface area contributed by atoms with Crippen LogP contribution in [0, 0.1) is 11.7 Å². The number of fused-ring (bicyclic) bond motifs is 1. The first kappa shape index (κ1) is 15.3. The maximum Gasteiger partial charge on any atom is 0.151 e. The van der Waals surface area contributed by atoms with E-state index in [9.17, 15) is 4.39 Å². The largest absolute Gasteiger partial charge is 0.324 e. The molecule has 0 amide bonds. The molecule has 0 fully saturated rings. The van der Waals surface area contributed by atoms with Crippen LogP contribution in [0.2, 0.25) is 0 Å². The highest BCUT2D eigenvalue weighted by Crippen LogP contribution is 2.31. The Morgan fingerprint density at radius 3 is 2.50 bits per heavy atom. The lowest BCUT2D eigenvalue weighted by molar-refractivity contribution is 0.437. The summed E-state index contributed by atoms with van der Waals surface area (Å²) >= 11 is 6.23. The molecule has 0 radical (unpaired) electrons. The second-order valence-corrected chi connectivity index (χ2v) is 6.54. The Morgan fingerprint density at radius 2 is 1.90 bits per heavy atom. The molecule has 0 saturated heterocycles. The van der Waals surface area contributed by atoms with Gasteiger partial charge < -0.3 is 4.57 Å². The van der Waals surface area contributed by atoms with Crippen LogP contribution in [0.25, 0.3) is 11.0 Å². The zero-order valence-corrected chi connectivity index (χ0v) is 13.3. The van der Waals surface area contributed by atoms with E-state index in [1.54, 1.807) is 6.07 Å². The van der Waals surface area contributed by atoms with Crippen LogP contribution >= 0.6 is 11.6 Å². The Bertz CT molecular complexity index is 589. The summed E-state index contributed by atoms with van der Waals surface area (Å²) in [6.45, 7) is 8.45. The van der Waals surface area contributed by atoms with Crippen molar-refractivity contribution in [2.24, 2.45) is 5.92 Å². The SMILES string of the molecule is CC(C)CCC(C)n1c(C(C)Cl)nc2c(F)cccc21. The van der Waals surface area contributed by atoms with E-state index in [0.717, 1.165) is 24.2 Å². The van der Waals surface area contributed by atoms with Gasteiger partial charge in [0.1, 0.15) is 11.3 Å². The monoisotopic (exact) mass is 296 g/mol. The summed E-state index contributed by atoms with van der Waals surface area (Å²) in [5.74, 6) is 1.12.